The third-order valence-electron chi connectivity index (χ3n) is 4.93. The van der Waals surface area contributed by atoms with Crippen LogP contribution in [-0.4, -0.2) is 48.1 Å². The predicted octanol–water partition coefficient (Wildman–Crippen LogP) is 3.83. The van der Waals surface area contributed by atoms with Crippen molar-refractivity contribution in [2.45, 2.75) is 59.4 Å². The third-order valence-corrected chi connectivity index (χ3v) is 4.93. The molecular weight excluding hydrogens is 374 g/mol. The van der Waals surface area contributed by atoms with Crippen molar-refractivity contribution >= 4 is 5.96 Å². The lowest BCUT2D eigenvalue weighted by Gasteiger charge is -2.30. The number of hydrogen-bond acceptors (Lipinski definition) is 4. The molecule has 164 valence electrons. The smallest absolute Gasteiger partial charge is 0.191 e. The molecule has 0 fully saturated rings. The first kappa shape index (κ1) is 23.7. The number of ether oxygens (including phenoxy) is 1. The predicted molar refractivity (Wildman–Crippen MR) is 125 cm³/mol. The van der Waals surface area contributed by atoms with Crippen LogP contribution in [0.25, 0.3) is 0 Å². The van der Waals surface area contributed by atoms with Crippen LogP contribution in [0, 0.1) is 0 Å². The van der Waals surface area contributed by atoms with Crippen LogP contribution < -0.4 is 15.4 Å². The Morgan fingerprint density at radius 2 is 1.77 bits per heavy atom. The summed E-state index contributed by atoms with van der Waals surface area (Å²) in [5, 5.41) is 6.77. The van der Waals surface area contributed by atoms with E-state index in [0.717, 1.165) is 36.9 Å². The van der Waals surface area contributed by atoms with Crippen molar-refractivity contribution in [1.29, 1.82) is 0 Å². The average molecular weight is 412 g/mol. The average Bonchev–Trinajstić information content (AvgIpc) is 2.75. The van der Waals surface area contributed by atoms with Gasteiger partial charge in [0.1, 0.15) is 12.4 Å². The Bertz CT molecular complexity index is 736. The number of guanidine groups is 1. The zero-order chi connectivity index (χ0) is 21.8. The minimum absolute atomic E-state index is 0.472. The molecule has 0 saturated carbocycles. The fourth-order valence-corrected chi connectivity index (χ4v) is 3.33. The molecule has 0 atom stereocenters. The van der Waals surface area contributed by atoms with Crippen LogP contribution in [0.2, 0.25) is 0 Å². The van der Waals surface area contributed by atoms with Crippen LogP contribution >= 0.6 is 0 Å². The lowest BCUT2D eigenvalue weighted by atomic mass is 10.2. The van der Waals surface area contributed by atoms with E-state index in [4.69, 9.17) is 4.74 Å². The van der Waals surface area contributed by atoms with E-state index in [0.29, 0.717) is 25.2 Å². The van der Waals surface area contributed by atoms with Gasteiger partial charge in [0.05, 0.1) is 5.69 Å². The summed E-state index contributed by atoms with van der Waals surface area (Å²) in [4.78, 5) is 11.1. The molecule has 0 unspecified atom stereocenters. The molecule has 1 heterocycles. The maximum Gasteiger partial charge on any atom is 0.191 e. The quantitative estimate of drug-likeness (QED) is 0.334. The van der Waals surface area contributed by atoms with Gasteiger partial charge in [0.2, 0.25) is 0 Å². The number of hydrogen-bond donors (Lipinski definition) is 2. The number of aliphatic imine (C=N–C) groups is 1. The summed E-state index contributed by atoms with van der Waals surface area (Å²) in [6, 6.07) is 15.1. The zero-order valence-corrected chi connectivity index (χ0v) is 19.1. The van der Waals surface area contributed by atoms with Crippen LogP contribution in [0.5, 0.6) is 5.75 Å². The minimum atomic E-state index is 0.472. The van der Waals surface area contributed by atoms with Crippen LogP contribution in [0.3, 0.4) is 0 Å². The van der Waals surface area contributed by atoms with E-state index in [-0.39, 0.29) is 0 Å². The van der Waals surface area contributed by atoms with Gasteiger partial charge in [0.25, 0.3) is 0 Å². The molecular formula is C24H37N5O. The number of aromatic nitrogens is 1. The van der Waals surface area contributed by atoms with Gasteiger partial charge in [0.15, 0.2) is 5.96 Å². The summed E-state index contributed by atoms with van der Waals surface area (Å²) >= 11 is 0. The lowest BCUT2D eigenvalue weighted by Crippen LogP contribution is -2.41. The first-order valence-corrected chi connectivity index (χ1v) is 10.8. The van der Waals surface area contributed by atoms with Gasteiger partial charge < -0.3 is 15.4 Å². The van der Waals surface area contributed by atoms with Crippen molar-refractivity contribution in [3.8, 4) is 5.75 Å². The molecule has 6 nitrogen and oxygen atoms in total. The highest BCUT2D eigenvalue weighted by molar-refractivity contribution is 5.79. The number of benzene rings is 1. The molecule has 0 amide bonds. The summed E-state index contributed by atoms with van der Waals surface area (Å²) < 4.78 is 5.79. The number of rotatable bonds is 11. The van der Waals surface area contributed by atoms with E-state index in [1.165, 1.54) is 5.56 Å². The summed E-state index contributed by atoms with van der Waals surface area (Å²) in [5.74, 6) is 1.66. The van der Waals surface area contributed by atoms with Gasteiger partial charge in [0, 0.05) is 45.0 Å². The maximum absolute atomic E-state index is 5.79. The van der Waals surface area contributed by atoms with Gasteiger partial charge in [-0.3, -0.25) is 14.9 Å². The second kappa shape index (κ2) is 12.9. The number of pyridine rings is 1. The van der Waals surface area contributed by atoms with Crippen LogP contribution in [0.15, 0.2) is 53.7 Å². The molecule has 0 radical (unpaired) electrons. The van der Waals surface area contributed by atoms with E-state index >= 15 is 0 Å². The Kier molecular flexibility index (Phi) is 10.1. The van der Waals surface area contributed by atoms with Crippen molar-refractivity contribution in [2.75, 3.05) is 20.1 Å². The highest BCUT2D eigenvalue weighted by Gasteiger charge is 2.12. The molecule has 0 saturated heterocycles. The van der Waals surface area contributed by atoms with E-state index < -0.39 is 0 Å². The first-order chi connectivity index (χ1) is 14.5. The van der Waals surface area contributed by atoms with Gasteiger partial charge >= 0.3 is 0 Å². The summed E-state index contributed by atoms with van der Waals surface area (Å²) in [6.45, 7) is 12.2. The van der Waals surface area contributed by atoms with Gasteiger partial charge in [-0.1, -0.05) is 18.2 Å². The summed E-state index contributed by atoms with van der Waals surface area (Å²) in [5.41, 5.74) is 2.09. The highest BCUT2D eigenvalue weighted by Crippen LogP contribution is 2.13. The Morgan fingerprint density at radius 3 is 2.37 bits per heavy atom. The Balaban J connectivity index is 1.70. The SMILES string of the molecule is CN=C(NCCCN(C(C)C)C(C)C)NCc1ccc(OCc2ccccn2)cc1. The van der Waals surface area contributed by atoms with E-state index in [1.807, 2.05) is 30.3 Å². The van der Waals surface area contributed by atoms with Crippen molar-refractivity contribution < 1.29 is 4.74 Å². The summed E-state index contributed by atoms with van der Waals surface area (Å²) in [6.07, 6.45) is 2.86. The van der Waals surface area contributed by atoms with Gasteiger partial charge in [-0.25, -0.2) is 0 Å². The molecule has 0 aliphatic carbocycles. The molecule has 1 aromatic carbocycles. The molecule has 2 rings (SSSR count). The molecule has 0 bridgehead atoms. The van der Waals surface area contributed by atoms with Crippen molar-refractivity contribution in [2.24, 2.45) is 4.99 Å². The molecule has 1 aromatic heterocycles. The molecule has 30 heavy (non-hydrogen) atoms. The number of nitrogens with zero attached hydrogens (tertiary/aromatic N) is 3. The fraction of sp³-hybridized carbons (Fsp3) is 0.500. The molecule has 2 N–H and O–H groups in total. The van der Waals surface area contributed by atoms with Crippen molar-refractivity contribution in [3.63, 3.8) is 0 Å². The van der Waals surface area contributed by atoms with E-state index in [9.17, 15) is 0 Å². The monoisotopic (exact) mass is 411 g/mol. The van der Waals surface area contributed by atoms with Gasteiger partial charge in [-0.2, -0.15) is 0 Å². The maximum atomic E-state index is 5.79. The Morgan fingerprint density at radius 1 is 1.03 bits per heavy atom. The van der Waals surface area contributed by atoms with E-state index in [1.54, 1.807) is 13.2 Å². The van der Waals surface area contributed by atoms with Crippen molar-refractivity contribution in [1.82, 2.24) is 20.5 Å². The standard InChI is InChI=1S/C24H37N5O/c1-19(2)29(20(3)4)16-8-15-27-24(25-5)28-17-21-10-12-23(13-11-21)30-18-22-9-6-7-14-26-22/h6-7,9-14,19-20H,8,15-18H2,1-5H3,(H2,25,27,28). The number of nitrogens with one attached hydrogen (secondary N) is 2. The molecule has 0 aliphatic rings. The molecule has 2 aromatic rings. The second-order valence-electron chi connectivity index (χ2n) is 7.89. The summed E-state index contributed by atoms with van der Waals surface area (Å²) in [7, 11) is 1.80. The topological polar surface area (TPSA) is 61.8 Å². The van der Waals surface area contributed by atoms with Crippen LogP contribution in [0.1, 0.15) is 45.4 Å². The lowest BCUT2D eigenvalue weighted by molar-refractivity contribution is 0.173. The third kappa shape index (κ3) is 8.41. The van der Waals surface area contributed by atoms with Crippen LogP contribution in [0.4, 0.5) is 0 Å². The van der Waals surface area contributed by atoms with Gasteiger partial charge in [-0.05, 0) is 63.9 Å². The fourth-order valence-electron chi connectivity index (χ4n) is 3.33. The Labute approximate surface area is 181 Å². The van der Waals surface area contributed by atoms with Gasteiger partial charge in [-0.15, -0.1) is 0 Å². The second-order valence-corrected chi connectivity index (χ2v) is 7.89. The molecule has 0 spiro atoms. The van der Waals surface area contributed by atoms with E-state index in [2.05, 4.69) is 65.3 Å². The zero-order valence-electron chi connectivity index (χ0n) is 19.1. The first-order valence-electron chi connectivity index (χ1n) is 10.8. The van der Waals surface area contributed by atoms with Crippen LogP contribution in [-0.2, 0) is 13.2 Å². The normalized spacial score (nSPS) is 11.9. The minimum Gasteiger partial charge on any atom is -0.487 e. The molecule has 0 aliphatic heterocycles. The largest absolute Gasteiger partial charge is 0.487 e. The molecule has 6 heteroatoms. The Hall–Kier alpha value is -2.60. The highest BCUT2D eigenvalue weighted by atomic mass is 16.5. The van der Waals surface area contributed by atoms with Crippen molar-refractivity contribution in [3.05, 3.63) is 59.9 Å².